The van der Waals surface area contributed by atoms with E-state index >= 15 is 0 Å². The lowest BCUT2D eigenvalue weighted by Gasteiger charge is -2.41. The van der Waals surface area contributed by atoms with Crippen LogP contribution in [-0.2, 0) is 14.2 Å². The Balaban J connectivity index is 2.44. The highest BCUT2D eigenvalue weighted by atomic mass is 35.5. The average molecular weight is 331 g/mol. The summed E-state index contributed by atoms with van der Waals surface area (Å²) in [4.78, 5) is 23.9. The zero-order chi connectivity index (χ0) is 15.8. The summed E-state index contributed by atoms with van der Waals surface area (Å²) in [5.41, 5.74) is 0. The molecule has 0 spiro atoms. The molecule has 1 aliphatic rings. The highest BCUT2D eigenvalue weighted by Gasteiger charge is 2.50. The van der Waals surface area contributed by atoms with Gasteiger partial charge in [-0.05, 0) is 32.0 Å². The Morgan fingerprint density at radius 3 is 2.52 bits per heavy atom. The van der Waals surface area contributed by atoms with Crippen molar-refractivity contribution in [2.24, 2.45) is 0 Å². The molecular formula is C13H16ClN2O4P. The van der Waals surface area contributed by atoms with E-state index in [1.54, 1.807) is 32.0 Å². The van der Waals surface area contributed by atoms with Crippen LogP contribution in [0.2, 0.25) is 5.02 Å². The molecule has 0 radical (unpaired) electrons. The predicted octanol–water partition coefficient (Wildman–Crippen LogP) is 2.93. The minimum Gasteiger partial charge on any atom is -0.414 e. The largest absolute Gasteiger partial charge is 0.453 e. The Morgan fingerprint density at radius 2 is 1.95 bits per heavy atom. The van der Waals surface area contributed by atoms with Gasteiger partial charge in [0.15, 0.2) is 0 Å². The summed E-state index contributed by atoms with van der Waals surface area (Å²) in [6.45, 7) is 3.44. The maximum Gasteiger partial charge on any atom is 0.453 e. The fourth-order valence-electron chi connectivity index (χ4n) is 2.10. The van der Waals surface area contributed by atoms with Crippen LogP contribution in [-0.4, -0.2) is 34.2 Å². The summed E-state index contributed by atoms with van der Waals surface area (Å²) in [6, 6.07) is 5.97. The van der Waals surface area contributed by atoms with E-state index in [2.05, 4.69) is 0 Å². The first-order valence-electron chi connectivity index (χ1n) is 6.40. The van der Waals surface area contributed by atoms with E-state index in [0.29, 0.717) is 5.02 Å². The van der Waals surface area contributed by atoms with Crippen LogP contribution >= 0.6 is 19.3 Å². The predicted molar refractivity (Wildman–Crippen MR) is 79.1 cm³/mol. The van der Waals surface area contributed by atoms with Crippen molar-refractivity contribution in [1.29, 1.82) is 0 Å². The zero-order valence-electron chi connectivity index (χ0n) is 11.9. The lowest BCUT2D eigenvalue weighted by Crippen LogP contribution is -2.48. The van der Waals surface area contributed by atoms with Crippen LogP contribution in [0, 0.1) is 0 Å². The van der Waals surface area contributed by atoms with Crippen molar-refractivity contribution in [2.75, 3.05) is 7.05 Å². The van der Waals surface area contributed by atoms with Gasteiger partial charge in [0.1, 0.15) is 12.2 Å². The molecule has 0 aliphatic carbocycles. The van der Waals surface area contributed by atoms with Crippen LogP contribution in [0.3, 0.4) is 0 Å². The maximum atomic E-state index is 13.2. The van der Waals surface area contributed by atoms with Crippen LogP contribution in [0.4, 0.5) is 0 Å². The Hall–Kier alpha value is -1.52. The molecule has 0 bridgehead atoms. The van der Waals surface area contributed by atoms with Gasteiger partial charge in [-0.2, -0.15) is 0 Å². The quantitative estimate of drug-likeness (QED) is 0.631. The second-order valence-electron chi connectivity index (χ2n) is 4.97. The number of hydrogen-bond acceptors (Lipinski definition) is 4. The van der Waals surface area contributed by atoms with Crippen LogP contribution in [0.1, 0.15) is 20.3 Å². The van der Waals surface area contributed by atoms with Gasteiger partial charge in [-0.25, -0.2) is 13.9 Å². The standard InChI is InChI=1S/C13H16ClN2O4P/c1-9(2)16-13(18)8-12(17)15(3)21(16,19)20-11-6-4-5-10(14)7-11/h4-7,9H,8H2,1-3H3. The molecule has 114 valence electrons. The van der Waals surface area contributed by atoms with Gasteiger partial charge in [-0.1, -0.05) is 17.7 Å². The Bertz CT molecular complexity index is 634. The Kier molecular flexibility index (Phi) is 4.30. The second-order valence-corrected chi connectivity index (χ2v) is 7.60. The lowest BCUT2D eigenvalue weighted by molar-refractivity contribution is -0.139. The Morgan fingerprint density at radius 1 is 1.29 bits per heavy atom. The van der Waals surface area contributed by atoms with Crippen molar-refractivity contribution in [3.8, 4) is 5.75 Å². The van der Waals surface area contributed by atoms with Crippen molar-refractivity contribution >= 4 is 31.1 Å². The van der Waals surface area contributed by atoms with Gasteiger partial charge in [-0.3, -0.25) is 9.59 Å². The highest BCUT2D eigenvalue weighted by Crippen LogP contribution is 2.57. The minimum absolute atomic E-state index is 0.242. The third-order valence-electron chi connectivity index (χ3n) is 3.08. The third-order valence-corrected chi connectivity index (χ3v) is 5.97. The molecule has 21 heavy (non-hydrogen) atoms. The van der Waals surface area contributed by atoms with Crippen LogP contribution in [0.25, 0.3) is 0 Å². The van der Waals surface area contributed by atoms with Gasteiger partial charge in [0.25, 0.3) is 0 Å². The number of nitrogens with zero attached hydrogens (tertiary/aromatic N) is 2. The van der Waals surface area contributed by atoms with Crippen molar-refractivity contribution in [1.82, 2.24) is 9.34 Å². The highest BCUT2D eigenvalue weighted by molar-refractivity contribution is 7.56. The van der Waals surface area contributed by atoms with Crippen molar-refractivity contribution in [3.05, 3.63) is 29.3 Å². The van der Waals surface area contributed by atoms with Gasteiger partial charge >= 0.3 is 7.67 Å². The van der Waals surface area contributed by atoms with Gasteiger partial charge in [0.05, 0.1) is 0 Å². The number of hydrogen-bond donors (Lipinski definition) is 0. The fraction of sp³-hybridized carbons (Fsp3) is 0.385. The third kappa shape index (κ3) is 2.92. The first-order valence-corrected chi connectivity index (χ1v) is 8.31. The first kappa shape index (κ1) is 15.9. The maximum absolute atomic E-state index is 13.2. The number of carbonyl (C=O) groups excluding carboxylic acids is 2. The molecule has 1 aromatic carbocycles. The lowest BCUT2D eigenvalue weighted by atomic mass is 10.3. The summed E-state index contributed by atoms with van der Waals surface area (Å²) in [7, 11) is -2.45. The molecule has 2 rings (SSSR count). The van der Waals surface area contributed by atoms with Crippen LogP contribution in [0.15, 0.2) is 24.3 Å². The molecule has 2 amide bonds. The van der Waals surface area contributed by atoms with Gasteiger partial charge in [0.2, 0.25) is 11.8 Å². The van der Waals surface area contributed by atoms with E-state index < -0.39 is 19.5 Å². The number of rotatable bonds is 3. The number of halogens is 1. The summed E-state index contributed by atoms with van der Waals surface area (Å²) < 4.78 is 20.9. The normalized spacial score (nSPS) is 22.9. The first-order chi connectivity index (χ1) is 9.75. The molecule has 1 fully saturated rings. The zero-order valence-corrected chi connectivity index (χ0v) is 13.6. The molecule has 1 aromatic rings. The molecule has 1 heterocycles. The minimum atomic E-state index is -3.82. The molecule has 8 heteroatoms. The summed E-state index contributed by atoms with van der Waals surface area (Å²) in [5.74, 6) is -0.786. The summed E-state index contributed by atoms with van der Waals surface area (Å²) in [6.07, 6.45) is -0.308. The molecule has 0 saturated carbocycles. The average Bonchev–Trinajstić information content (AvgIpc) is 2.35. The Labute approximate surface area is 128 Å². The molecule has 1 aliphatic heterocycles. The monoisotopic (exact) mass is 330 g/mol. The summed E-state index contributed by atoms with van der Waals surface area (Å²) >= 11 is 5.87. The molecular weight excluding hydrogens is 315 g/mol. The van der Waals surface area contributed by atoms with E-state index in [1.165, 1.54) is 13.1 Å². The summed E-state index contributed by atoms with van der Waals surface area (Å²) in [5, 5.41) is 0.410. The van der Waals surface area contributed by atoms with Crippen LogP contribution in [0.5, 0.6) is 5.75 Å². The SMILES string of the molecule is CC(C)N1C(=O)CC(=O)N(C)P1(=O)Oc1cccc(Cl)c1. The molecule has 1 saturated heterocycles. The van der Waals surface area contributed by atoms with E-state index in [9.17, 15) is 14.2 Å². The molecule has 1 unspecified atom stereocenters. The van der Waals surface area contributed by atoms with E-state index in [4.69, 9.17) is 16.1 Å². The van der Waals surface area contributed by atoms with Gasteiger partial charge in [-0.15, -0.1) is 0 Å². The van der Waals surface area contributed by atoms with Crippen LogP contribution < -0.4 is 4.52 Å². The van der Waals surface area contributed by atoms with Crippen molar-refractivity contribution < 1.29 is 18.7 Å². The number of carbonyl (C=O) groups is 2. The van der Waals surface area contributed by atoms with E-state index in [0.717, 1.165) is 9.34 Å². The second kappa shape index (κ2) is 5.70. The molecule has 6 nitrogen and oxygen atoms in total. The number of amides is 2. The smallest absolute Gasteiger partial charge is 0.414 e. The number of benzene rings is 1. The molecule has 0 N–H and O–H groups in total. The fourth-order valence-corrected chi connectivity index (χ4v) is 4.45. The van der Waals surface area contributed by atoms with E-state index in [-0.39, 0.29) is 18.2 Å². The van der Waals surface area contributed by atoms with Crippen molar-refractivity contribution in [3.63, 3.8) is 0 Å². The van der Waals surface area contributed by atoms with Gasteiger partial charge in [0, 0.05) is 18.1 Å². The molecule has 0 aromatic heterocycles. The van der Waals surface area contributed by atoms with E-state index in [1.807, 2.05) is 0 Å². The van der Waals surface area contributed by atoms with Crippen molar-refractivity contribution in [2.45, 2.75) is 26.3 Å². The topological polar surface area (TPSA) is 66.9 Å². The van der Waals surface area contributed by atoms with Gasteiger partial charge < -0.3 is 4.52 Å². The molecule has 1 atom stereocenters.